The molecule has 3 rings (SSSR count). The summed E-state index contributed by atoms with van der Waals surface area (Å²) in [6.45, 7) is 3.43. The van der Waals surface area contributed by atoms with Crippen LogP contribution >= 0.6 is 0 Å². The number of ether oxygens (including phenoxy) is 2. The summed E-state index contributed by atoms with van der Waals surface area (Å²) < 4.78 is 10.5. The fourth-order valence-corrected chi connectivity index (χ4v) is 3.51. The fourth-order valence-electron chi connectivity index (χ4n) is 3.51. The summed E-state index contributed by atoms with van der Waals surface area (Å²) in [5, 5.41) is 0. The van der Waals surface area contributed by atoms with Gasteiger partial charge in [-0.05, 0) is 37.5 Å². The van der Waals surface area contributed by atoms with Crippen molar-refractivity contribution in [3.63, 3.8) is 0 Å². The summed E-state index contributed by atoms with van der Waals surface area (Å²) in [6, 6.07) is 5.91. The van der Waals surface area contributed by atoms with Crippen LogP contribution < -0.4 is 9.47 Å². The van der Waals surface area contributed by atoms with Gasteiger partial charge in [-0.2, -0.15) is 0 Å². The molecule has 24 heavy (non-hydrogen) atoms. The Morgan fingerprint density at radius 3 is 2.46 bits per heavy atom. The van der Waals surface area contributed by atoms with Crippen LogP contribution in [0.25, 0.3) is 0 Å². The highest BCUT2D eigenvalue weighted by atomic mass is 16.5. The van der Waals surface area contributed by atoms with E-state index in [0.29, 0.717) is 23.1 Å². The molecule has 0 saturated carbocycles. The second-order valence-electron chi connectivity index (χ2n) is 6.32. The average molecular weight is 330 g/mol. The van der Waals surface area contributed by atoms with Crippen molar-refractivity contribution in [1.29, 1.82) is 0 Å². The largest absolute Gasteiger partial charge is 0.493 e. The molecule has 0 bridgehead atoms. The minimum Gasteiger partial charge on any atom is -0.493 e. The van der Waals surface area contributed by atoms with Gasteiger partial charge >= 0.3 is 0 Å². The zero-order chi connectivity index (χ0) is 16.9. The standard InChI is InChI=1S/C19H26N2O3/c1-23-17-9-8-15(14-18(17)24-2)19(22)21-12-10-20(11-13-21)16-6-4-3-5-7-16/h4,6,8-9,14,16H,3,5,7,10-13H2,1-2H3/t16-/m1/s1. The van der Waals surface area contributed by atoms with Gasteiger partial charge in [0.15, 0.2) is 11.5 Å². The van der Waals surface area contributed by atoms with Gasteiger partial charge in [0.05, 0.1) is 14.2 Å². The minimum atomic E-state index is 0.0646. The number of amides is 1. The van der Waals surface area contributed by atoms with Crippen molar-refractivity contribution in [3.05, 3.63) is 35.9 Å². The average Bonchev–Trinajstić information content (AvgIpc) is 2.67. The lowest BCUT2D eigenvalue weighted by Gasteiger charge is -2.39. The highest BCUT2D eigenvalue weighted by molar-refractivity contribution is 5.95. The first kappa shape index (κ1) is 16.8. The Kier molecular flexibility index (Phi) is 5.41. The predicted molar refractivity (Wildman–Crippen MR) is 93.8 cm³/mol. The van der Waals surface area contributed by atoms with Crippen molar-refractivity contribution in [1.82, 2.24) is 9.80 Å². The summed E-state index contributed by atoms with van der Waals surface area (Å²) >= 11 is 0. The Hall–Kier alpha value is -2.01. The number of hydrogen-bond donors (Lipinski definition) is 0. The summed E-state index contributed by atoms with van der Waals surface area (Å²) in [5.41, 5.74) is 0.652. The van der Waals surface area contributed by atoms with Gasteiger partial charge in [-0.1, -0.05) is 12.2 Å². The number of hydrogen-bond acceptors (Lipinski definition) is 4. The molecule has 0 radical (unpaired) electrons. The van der Waals surface area contributed by atoms with Gasteiger partial charge in [-0.25, -0.2) is 0 Å². The van der Waals surface area contributed by atoms with E-state index in [1.165, 1.54) is 19.3 Å². The minimum absolute atomic E-state index is 0.0646. The molecule has 1 fully saturated rings. The monoisotopic (exact) mass is 330 g/mol. The second kappa shape index (κ2) is 7.71. The first-order valence-electron chi connectivity index (χ1n) is 8.65. The lowest BCUT2D eigenvalue weighted by molar-refractivity contribution is 0.0592. The van der Waals surface area contributed by atoms with Crippen LogP contribution in [0.1, 0.15) is 29.6 Å². The number of carbonyl (C=O) groups excluding carboxylic acids is 1. The summed E-state index contributed by atoms with van der Waals surface area (Å²) in [6.07, 6.45) is 8.32. The van der Waals surface area contributed by atoms with Crippen LogP contribution in [0.3, 0.4) is 0 Å². The molecule has 0 N–H and O–H groups in total. The SMILES string of the molecule is COc1ccc(C(=O)N2CCN([C@@H]3C=CCCC3)CC2)cc1OC. The fraction of sp³-hybridized carbons (Fsp3) is 0.526. The number of methoxy groups -OCH3 is 2. The number of nitrogens with zero attached hydrogens (tertiary/aromatic N) is 2. The molecular formula is C19H26N2O3. The van der Waals surface area contributed by atoms with Crippen LogP contribution in [0.15, 0.2) is 30.4 Å². The maximum absolute atomic E-state index is 12.7. The van der Waals surface area contributed by atoms with E-state index in [1.54, 1.807) is 32.4 Å². The van der Waals surface area contributed by atoms with Gasteiger partial charge in [-0.15, -0.1) is 0 Å². The highest BCUT2D eigenvalue weighted by Gasteiger charge is 2.26. The Balaban J connectivity index is 1.62. The van der Waals surface area contributed by atoms with E-state index in [0.717, 1.165) is 26.2 Å². The molecule has 2 aliphatic rings. The van der Waals surface area contributed by atoms with Crippen LogP contribution in [0.2, 0.25) is 0 Å². The van der Waals surface area contributed by atoms with Crippen LogP contribution in [0, 0.1) is 0 Å². The van der Waals surface area contributed by atoms with Crippen molar-refractivity contribution in [2.75, 3.05) is 40.4 Å². The van der Waals surface area contributed by atoms with E-state index in [-0.39, 0.29) is 5.91 Å². The van der Waals surface area contributed by atoms with E-state index in [4.69, 9.17) is 9.47 Å². The molecule has 1 aliphatic carbocycles. The Morgan fingerprint density at radius 1 is 1.08 bits per heavy atom. The third kappa shape index (κ3) is 3.56. The number of benzene rings is 1. The zero-order valence-corrected chi connectivity index (χ0v) is 14.5. The maximum atomic E-state index is 12.7. The van der Waals surface area contributed by atoms with Crippen molar-refractivity contribution in [2.45, 2.75) is 25.3 Å². The van der Waals surface area contributed by atoms with Gasteiger partial charge in [0.25, 0.3) is 5.91 Å². The molecule has 5 heteroatoms. The molecule has 130 valence electrons. The maximum Gasteiger partial charge on any atom is 0.254 e. The van der Waals surface area contributed by atoms with E-state index in [2.05, 4.69) is 17.1 Å². The van der Waals surface area contributed by atoms with Crippen LogP contribution in [-0.2, 0) is 0 Å². The number of piperazine rings is 1. The zero-order valence-electron chi connectivity index (χ0n) is 14.5. The molecule has 0 aromatic heterocycles. The summed E-state index contributed by atoms with van der Waals surface area (Å²) in [4.78, 5) is 17.2. The molecule has 1 aromatic carbocycles. The molecule has 0 unspecified atom stereocenters. The summed E-state index contributed by atoms with van der Waals surface area (Å²) in [5.74, 6) is 1.30. The molecule has 1 aromatic rings. The van der Waals surface area contributed by atoms with Crippen LogP contribution in [0.5, 0.6) is 11.5 Å². The first-order chi connectivity index (χ1) is 11.7. The Bertz CT molecular complexity index is 607. The second-order valence-corrected chi connectivity index (χ2v) is 6.32. The van der Waals surface area contributed by atoms with E-state index in [1.807, 2.05) is 4.90 Å². The van der Waals surface area contributed by atoms with E-state index >= 15 is 0 Å². The van der Waals surface area contributed by atoms with Gasteiger partial charge < -0.3 is 14.4 Å². The van der Waals surface area contributed by atoms with Crippen LogP contribution in [0.4, 0.5) is 0 Å². The lowest BCUT2D eigenvalue weighted by Crippen LogP contribution is -2.51. The summed E-state index contributed by atoms with van der Waals surface area (Å²) in [7, 11) is 3.18. The van der Waals surface area contributed by atoms with Crippen LogP contribution in [-0.4, -0.2) is 62.1 Å². The predicted octanol–water partition coefficient (Wildman–Crippen LogP) is 2.57. The topological polar surface area (TPSA) is 42.0 Å². The normalized spacial score (nSPS) is 21.6. The highest BCUT2D eigenvalue weighted by Crippen LogP contribution is 2.28. The number of rotatable bonds is 4. The third-order valence-corrected chi connectivity index (χ3v) is 4.93. The number of carbonyl (C=O) groups is 1. The molecule has 1 aliphatic heterocycles. The Morgan fingerprint density at radius 2 is 1.83 bits per heavy atom. The molecule has 0 spiro atoms. The van der Waals surface area contributed by atoms with Gasteiger partial charge in [0, 0.05) is 37.8 Å². The van der Waals surface area contributed by atoms with Crippen molar-refractivity contribution in [3.8, 4) is 11.5 Å². The molecule has 1 saturated heterocycles. The molecule has 1 amide bonds. The first-order valence-corrected chi connectivity index (χ1v) is 8.65. The quantitative estimate of drug-likeness (QED) is 0.796. The van der Waals surface area contributed by atoms with Crippen molar-refractivity contribution >= 4 is 5.91 Å². The molecule has 1 heterocycles. The van der Waals surface area contributed by atoms with Gasteiger partial charge in [0.1, 0.15) is 0 Å². The smallest absolute Gasteiger partial charge is 0.254 e. The lowest BCUT2D eigenvalue weighted by atomic mass is 10.0. The molecule has 5 nitrogen and oxygen atoms in total. The molecular weight excluding hydrogens is 304 g/mol. The van der Waals surface area contributed by atoms with Crippen molar-refractivity contribution in [2.24, 2.45) is 0 Å². The number of allylic oxidation sites excluding steroid dienone is 1. The van der Waals surface area contributed by atoms with Gasteiger partial charge in [-0.3, -0.25) is 9.69 Å². The van der Waals surface area contributed by atoms with E-state index < -0.39 is 0 Å². The molecule has 1 atom stereocenters. The van der Waals surface area contributed by atoms with Crippen molar-refractivity contribution < 1.29 is 14.3 Å². The third-order valence-electron chi connectivity index (χ3n) is 4.93. The Labute approximate surface area is 143 Å². The van der Waals surface area contributed by atoms with E-state index in [9.17, 15) is 4.79 Å². The van der Waals surface area contributed by atoms with Gasteiger partial charge in [0.2, 0.25) is 0 Å².